The second kappa shape index (κ2) is 9.56. The maximum Gasteiger partial charge on any atom is 0.271 e. The molecule has 20 heavy (non-hydrogen) atoms. The number of hydrogen-bond acceptors (Lipinski definition) is 4. The van der Waals surface area contributed by atoms with Crippen molar-refractivity contribution in [1.29, 1.82) is 0 Å². The Morgan fingerprint density at radius 1 is 0.800 bits per heavy atom. The molecule has 0 aromatic heterocycles. The minimum atomic E-state index is -0.768. The van der Waals surface area contributed by atoms with Gasteiger partial charge in [0.15, 0.2) is 5.75 Å². The van der Waals surface area contributed by atoms with E-state index in [1.54, 1.807) is 0 Å². The van der Waals surface area contributed by atoms with Crippen LogP contribution in [0, 0.1) is 0 Å². The molecule has 0 aliphatic heterocycles. The van der Waals surface area contributed by atoms with Crippen molar-refractivity contribution < 1.29 is 5.11 Å². The molecule has 0 atom stereocenters. The van der Waals surface area contributed by atoms with Crippen molar-refractivity contribution >= 4 is 5.69 Å². The number of hydrogen-bond donors (Lipinski definition) is 2. The molecule has 0 unspecified atom stereocenters. The van der Waals surface area contributed by atoms with Crippen molar-refractivity contribution in [2.45, 2.75) is 71.1 Å². The molecule has 1 aromatic rings. The van der Waals surface area contributed by atoms with Gasteiger partial charge in [0.1, 0.15) is 5.69 Å². The summed E-state index contributed by atoms with van der Waals surface area (Å²) in [4.78, 5) is 21.8. The van der Waals surface area contributed by atoms with Gasteiger partial charge in [0.25, 0.3) is 10.9 Å². The third-order valence-electron chi connectivity index (χ3n) is 3.72. The molecular formula is C16H27NO3. The first-order valence-corrected chi connectivity index (χ1v) is 7.94. The predicted octanol–water partition coefficient (Wildman–Crippen LogP) is 3.32. The lowest BCUT2D eigenvalue weighted by Gasteiger charge is -2.08. The molecule has 0 aliphatic carbocycles. The van der Waals surface area contributed by atoms with Gasteiger partial charge in [-0.05, 0) is 6.42 Å². The third kappa shape index (κ3) is 5.35. The lowest BCUT2D eigenvalue weighted by Crippen LogP contribution is -2.33. The van der Waals surface area contributed by atoms with Gasteiger partial charge in [-0.3, -0.25) is 9.59 Å². The molecular weight excluding hydrogens is 254 g/mol. The zero-order chi connectivity index (χ0) is 14.8. The minimum absolute atomic E-state index is 0.103. The van der Waals surface area contributed by atoms with Gasteiger partial charge in [0.2, 0.25) is 0 Å². The highest BCUT2D eigenvalue weighted by Crippen LogP contribution is 2.15. The first kappa shape index (κ1) is 16.7. The van der Waals surface area contributed by atoms with Gasteiger partial charge in [-0.1, -0.05) is 64.7 Å². The van der Waals surface area contributed by atoms with E-state index in [9.17, 15) is 9.59 Å². The van der Waals surface area contributed by atoms with Crippen LogP contribution < -0.4 is 16.2 Å². The Hall–Kier alpha value is -1.32. The molecule has 0 saturated heterocycles. The quantitative estimate of drug-likeness (QED) is 0.455. The lowest BCUT2D eigenvalue weighted by atomic mass is 10.1. The van der Waals surface area contributed by atoms with Crippen molar-refractivity contribution in [3.05, 3.63) is 20.4 Å². The smallest absolute Gasteiger partial charge is 0.271 e. The molecule has 0 saturated carbocycles. The minimum Gasteiger partial charge on any atom is -0.502 e. The maximum absolute atomic E-state index is 11.1. The molecule has 4 nitrogen and oxygen atoms in total. The van der Waals surface area contributed by atoms with E-state index in [0.29, 0.717) is 6.54 Å². The Morgan fingerprint density at radius 2 is 1.30 bits per heavy atom. The van der Waals surface area contributed by atoms with E-state index in [4.69, 9.17) is 5.11 Å². The average molecular weight is 281 g/mol. The molecule has 4 heteroatoms. The van der Waals surface area contributed by atoms with E-state index in [1.165, 1.54) is 51.4 Å². The summed E-state index contributed by atoms with van der Waals surface area (Å²) >= 11 is 0. The van der Waals surface area contributed by atoms with Gasteiger partial charge in [-0.25, -0.2) is 0 Å². The largest absolute Gasteiger partial charge is 0.502 e. The Morgan fingerprint density at radius 3 is 1.80 bits per heavy atom. The van der Waals surface area contributed by atoms with Crippen LogP contribution in [0.3, 0.4) is 0 Å². The van der Waals surface area contributed by atoms with Gasteiger partial charge in [-0.15, -0.1) is 0 Å². The first-order chi connectivity index (χ1) is 9.68. The molecule has 0 bridgehead atoms. The molecule has 0 spiro atoms. The number of anilines is 1. The fourth-order valence-corrected chi connectivity index (χ4v) is 2.37. The SMILES string of the molecule is CCCCCCCCCCCCNc1c(O)c(=O)c1=O. The summed E-state index contributed by atoms with van der Waals surface area (Å²) < 4.78 is 0. The monoisotopic (exact) mass is 281 g/mol. The molecule has 0 amide bonds. The molecule has 0 aliphatic rings. The first-order valence-electron chi connectivity index (χ1n) is 7.94. The van der Waals surface area contributed by atoms with Gasteiger partial charge >= 0.3 is 0 Å². The number of nitrogens with one attached hydrogen (secondary N) is 1. The second-order valence-corrected chi connectivity index (χ2v) is 5.49. The molecule has 0 fully saturated rings. The summed E-state index contributed by atoms with van der Waals surface area (Å²) in [5, 5.41) is 12.0. The lowest BCUT2D eigenvalue weighted by molar-refractivity contribution is 0.465. The highest BCUT2D eigenvalue weighted by molar-refractivity contribution is 5.60. The molecule has 1 rings (SSSR count). The topological polar surface area (TPSA) is 66.4 Å². The zero-order valence-electron chi connectivity index (χ0n) is 12.5. The number of rotatable bonds is 12. The second-order valence-electron chi connectivity index (χ2n) is 5.49. The van der Waals surface area contributed by atoms with Crippen LogP contribution in [0.5, 0.6) is 5.75 Å². The van der Waals surface area contributed by atoms with E-state index in [1.807, 2.05) is 0 Å². The van der Waals surface area contributed by atoms with E-state index in [0.717, 1.165) is 12.8 Å². The van der Waals surface area contributed by atoms with E-state index in [-0.39, 0.29) is 5.69 Å². The van der Waals surface area contributed by atoms with Crippen molar-refractivity contribution in [3.8, 4) is 5.75 Å². The van der Waals surface area contributed by atoms with Crippen molar-refractivity contribution in [2.24, 2.45) is 0 Å². The van der Waals surface area contributed by atoms with Crippen LogP contribution in [0.25, 0.3) is 0 Å². The summed E-state index contributed by atoms with van der Waals surface area (Å²) in [6.45, 7) is 2.88. The van der Waals surface area contributed by atoms with Gasteiger partial charge in [0, 0.05) is 6.54 Å². The molecule has 2 N–H and O–H groups in total. The summed E-state index contributed by atoms with van der Waals surface area (Å²) in [5.74, 6) is -0.401. The van der Waals surface area contributed by atoms with Crippen LogP contribution in [0.2, 0.25) is 0 Å². The standard InChI is InChI=1S/C16H27NO3/c1-2-3-4-5-6-7-8-9-10-11-12-17-13-14(18)16(20)15(13)19/h17-18H,2-12H2,1H3. The summed E-state index contributed by atoms with van der Waals surface area (Å²) in [6, 6.07) is 0. The summed E-state index contributed by atoms with van der Waals surface area (Å²) in [7, 11) is 0. The van der Waals surface area contributed by atoms with Crippen molar-refractivity contribution in [3.63, 3.8) is 0 Å². The summed E-state index contributed by atoms with van der Waals surface area (Å²) in [5.41, 5.74) is -1.25. The highest BCUT2D eigenvalue weighted by atomic mass is 16.3. The Bertz CT molecular complexity index is 447. The maximum atomic E-state index is 11.1. The van der Waals surface area contributed by atoms with Crippen LogP contribution in [-0.2, 0) is 0 Å². The molecule has 0 radical (unpaired) electrons. The van der Waals surface area contributed by atoms with Crippen LogP contribution in [0.4, 0.5) is 5.69 Å². The van der Waals surface area contributed by atoms with E-state index in [2.05, 4.69) is 12.2 Å². The normalized spacial score (nSPS) is 11.1. The van der Waals surface area contributed by atoms with Crippen LogP contribution in [-0.4, -0.2) is 11.7 Å². The zero-order valence-corrected chi connectivity index (χ0v) is 12.5. The average Bonchev–Trinajstić information content (AvgIpc) is 2.47. The van der Waals surface area contributed by atoms with Crippen LogP contribution >= 0.6 is 0 Å². The Kier molecular flexibility index (Phi) is 8.00. The molecule has 0 heterocycles. The van der Waals surface area contributed by atoms with Crippen LogP contribution in [0.15, 0.2) is 9.59 Å². The van der Waals surface area contributed by atoms with Crippen molar-refractivity contribution in [1.82, 2.24) is 0 Å². The van der Waals surface area contributed by atoms with Gasteiger partial charge in [-0.2, -0.15) is 0 Å². The fraction of sp³-hybridized carbons (Fsp3) is 0.750. The Labute approximate surface area is 120 Å². The number of unbranched alkanes of at least 4 members (excludes halogenated alkanes) is 9. The third-order valence-corrected chi connectivity index (χ3v) is 3.72. The van der Waals surface area contributed by atoms with E-state index < -0.39 is 16.6 Å². The highest BCUT2D eigenvalue weighted by Gasteiger charge is 2.18. The molecule has 1 aromatic carbocycles. The predicted molar refractivity (Wildman–Crippen MR) is 83.4 cm³/mol. The number of aromatic hydroxyl groups is 1. The van der Waals surface area contributed by atoms with E-state index >= 15 is 0 Å². The van der Waals surface area contributed by atoms with Crippen LogP contribution in [0.1, 0.15) is 71.1 Å². The van der Waals surface area contributed by atoms with Gasteiger partial charge < -0.3 is 10.4 Å². The molecule has 114 valence electrons. The van der Waals surface area contributed by atoms with Crippen molar-refractivity contribution in [2.75, 3.05) is 11.9 Å². The van der Waals surface area contributed by atoms with Gasteiger partial charge in [0.05, 0.1) is 0 Å². The summed E-state index contributed by atoms with van der Waals surface area (Å²) in [6.07, 6.45) is 12.6. The Balaban J connectivity index is 1.88. The fourth-order valence-electron chi connectivity index (χ4n) is 2.37.